The van der Waals surface area contributed by atoms with E-state index < -0.39 is 0 Å². The lowest BCUT2D eigenvalue weighted by Gasteiger charge is -1.95. The zero-order valence-electron chi connectivity index (χ0n) is 7.20. The van der Waals surface area contributed by atoms with E-state index in [9.17, 15) is 0 Å². The summed E-state index contributed by atoms with van der Waals surface area (Å²) in [7, 11) is 0. The second-order valence-corrected chi connectivity index (χ2v) is 3.27. The van der Waals surface area contributed by atoms with Crippen LogP contribution in [-0.2, 0) is 5.33 Å². The highest BCUT2D eigenvalue weighted by Gasteiger charge is 2.04. The maximum absolute atomic E-state index is 4.42. The molecule has 0 aliphatic heterocycles. The Hall–Kier alpha value is -0.350. The third kappa shape index (κ3) is 1.79. The van der Waals surface area contributed by atoms with Gasteiger partial charge in [0.2, 0.25) is 0 Å². The molecule has 0 saturated heterocycles. The Morgan fingerprint density at radius 3 is 2.92 bits per heavy atom. The number of aromatic nitrogens is 2. The fourth-order valence-corrected chi connectivity index (χ4v) is 2.00. The molecular formula is C9H10Br2N2. The second-order valence-electron chi connectivity index (χ2n) is 2.71. The Labute approximate surface area is 95.9 Å². The number of hydrogen-bond acceptors (Lipinski definition) is 1. The van der Waals surface area contributed by atoms with Crippen LogP contribution in [-0.4, -0.2) is 9.38 Å². The van der Waals surface area contributed by atoms with Crippen LogP contribution in [0.4, 0.5) is 0 Å². The van der Waals surface area contributed by atoms with Crippen LogP contribution < -0.4 is 0 Å². The second kappa shape index (κ2) is 4.24. The van der Waals surface area contributed by atoms with E-state index in [0.29, 0.717) is 0 Å². The summed E-state index contributed by atoms with van der Waals surface area (Å²) in [5, 5.41) is 0.851. The van der Waals surface area contributed by atoms with Gasteiger partial charge in [-0.3, -0.25) is 0 Å². The fraction of sp³-hybridized carbons (Fsp3) is 0.222. The minimum Gasteiger partial charge on any atom is -0.303 e. The van der Waals surface area contributed by atoms with E-state index in [1.165, 1.54) is 5.69 Å². The molecule has 0 N–H and O–H groups in total. The first kappa shape index (κ1) is 10.7. The zero-order valence-corrected chi connectivity index (χ0v) is 10.5. The largest absolute Gasteiger partial charge is 0.303 e. The topological polar surface area (TPSA) is 17.3 Å². The highest BCUT2D eigenvalue weighted by molar-refractivity contribution is 9.08. The first-order valence-corrected chi connectivity index (χ1v) is 4.93. The van der Waals surface area contributed by atoms with E-state index in [2.05, 4.69) is 25.3 Å². The highest BCUT2D eigenvalue weighted by Crippen LogP contribution is 2.13. The van der Waals surface area contributed by atoms with Crippen molar-refractivity contribution in [3.05, 3.63) is 35.8 Å². The molecule has 2 nitrogen and oxygen atoms in total. The minimum absolute atomic E-state index is 0. The van der Waals surface area contributed by atoms with Crippen LogP contribution in [0.15, 0.2) is 24.4 Å². The van der Waals surface area contributed by atoms with E-state index in [0.717, 1.165) is 16.7 Å². The summed E-state index contributed by atoms with van der Waals surface area (Å²) in [4.78, 5) is 4.42. The molecule has 0 spiro atoms. The van der Waals surface area contributed by atoms with Crippen molar-refractivity contribution in [2.75, 3.05) is 0 Å². The van der Waals surface area contributed by atoms with Crippen LogP contribution in [0.3, 0.4) is 0 Å². The molecule has 2 aromatic rings. The van der Waals surface area contributed by atoms with Crippen LogP contribution >= 0.6 is 32.9 Å². The Balaban J connectivity index is 0.000000845. The van der Waals surface area contributed by atoms with Crippen molar-refractivity contribution in [2.24, 2.45) is 0 Å². The highest BCUT2D eigenvalue weighted by atomic mass is 79.9. The fourth-order valence-electron chi connectivity index (χ4n) is 1.33. The third-order valence-corrected chi connectivity index (χ3v) is 2.49. The van der Waals surface area contributed by atoms with Crippen molar-refractivity contribution in [1.29, 1.82) is 0 Å². The molecule has 0 atom stereocenters. The molecule has 0 unspecified atom stereocenters. The number of hydrogen-bond donors (Lipinski definition) is 0. The quantitative estimate of drug-likeness (QED) is 0.740. The van der Waals surface area contributed by atoms with Gasteiger partial charge in [0.15, 0.2) is 0 Å². The molecule has 70 valence electrons. The maximum atomic E-state index is 4.42. The monoisotopic (exact) mass is 304 g/mol. The van der Waals surface area contributed by atoms with Gasteiger partial charge >= 0.3 is 0 Å². The van der Waals surface area contributed by atoms with Crippen LogP contribution in [0.25, 0.3) is 5.65 Å². The lowest BCUT2D eigenvalue weighted by Crippen LogP contribution is -1.88. The maximum Gasteiger partial charge on any atom is 0.137 e. The number of pyridine rings is 1. The van der Waals surface area contributed by atoms with E-state index in [-0.39, 0.29) is 17.0 Å². The predicted octanol–water partition coefficient (Wildman–Crippen LogP) is 3.12. The van der Waals surface area contributed by atoms with E-state index in [1.807, 2.05) is 31.3 Å². The molecule has 0 bridgehead atoms. The lowest BCUT2D eigenvalue weighted by atomic mass is 10.4. The summed E-state index contributed by atoms with van der Waals surface area (Å²) in [6, 6.07) is 6.03. The van der Waals surface area contributed by atoms with Gasteiger partial charge in [0, 0.05) is 11.5 Å². The molecule has 0 aliphatic rings. The van der Waals surface area contributed by atoms with Gasteiger partial charge in [-0.15, -0.1) is 17.0 Å². The molecule has 0 aliphatic carbocycles. The average Bonchev–Trinajstić information content (AvgIpc) is 2.40. The summed E-state index contributed by atoms with van der Waals surface area (Å²) in [6.45, 7) is 2.03. The van der Waals surface area contributed by atoms with E-state index in [4.69, 9.17) is 0 Å². The molecule has 2 aromatic heterocycles. The van der Waals surface area contributed by atoms with Crippen LogP contribution in [0.5, 0.6) is 0 Å². The van der Waals surface area contributed by atoms with Crippen molar-refractivity contribution >= 4 is 38.6 Å². The van der Waals surface area contributed by atoms with Gasteiger partial charge in [0.1, 0.15) is 5.65 Å². The SMILES string of the molecule is Br.Cc1nc2ccccn2c1CBr. The van der Waals surface area contributed by atoms with Crippen molar-refractivity contribution in [2.45, 2.75) is 12.3 Å². The average molecular weight is 306 g/mol. The lowest BCUT2D eigenvalue weighted by molar-refractivity contribution is 1.08. The molecule has 4 heteroatoms. The summed E-state index contributed by atoms with van der Waals surface area (Å²) in [5.41, 5.74) is 3.34. The first-order chi connectivity index (χ1) is 5.83. The van der Waals surface area contributed by atoms with Gasteiger partial charge < -0.3 is 4.40 Å². The van der Waals surface area contributed by atoms with Gasteiger partial charge in [0.25, 0.3) is 0 Å². The Morgan fingerprint density at radius 2 is 2.23 bits per heavy atom. The predicted molar refractivity (Wildman–Crippen MR) is 62.9 cm³/mol. The summed E-state index contributed by atoms with van der Waals surface area (Å²) in [5.74, 6) is 0. The molecule has 0 amide bonds. The molecule has 0 saturated carbocycles. The van der Waals surface area contributed by atoms with Crippen LogP contribution in [0, 0.1) is 6.92 Å². The van der Waals surface area contributed by atoms with E-state index >= 15 is 0 Å². The van der Waals surface area contributed by atoms with Crippen LogP contribution in [0.2, 0.25) is 0 Å². The van der Waals surface area contributed by atoms with Gasteiger partial charge in [0.05, 0.1) is 11.4 Å². The zero-order chi connectivity index (χ0) is 8.55. The normalized spacial score (nSPS) is 10.0. The number of nitrogens with zero attached hydrogens (tertiary/aromatic N) is 2. The van der Waals surface area contributed by atoms with Crippen molar-refractivity contribution < 1.29 is 0 Å². The van der Waals surface area contributed by atoms with Crippen molar-refractivity contribution in [3.8, 4) is 0 Å². The molecule has 0 aromatic carbocycles. The Kier molecular flexibility index (Phi) is 3.50. The summed E-state index contributed by atoms with van der Waals surface area (Å²) >= 11 is 3.45. The van der Waals surface area contributed by atoms with Gasteiger partial charge in [-0.05, 0) is 19.1 Å². The summed E-state index contributed by atoms with van der Waals surface area (Å²) in [6.07, 6.45) is 2.03. The molecule has 0 fully saturated rings. The van der Waals surface area contributed by atoms with Gasteiger partial charge in [-0.2, -0.15) is 0 Å². The van der Waals surface area contributed by atoms with Crippen molar-refractivity contribution in [3.63, 3.8) is 0 Å². The van der Waals surface area contributed by atoms with E-state index in [1.54, 1.807) is 0 Å². The van der Waals surface area contributed by atoms with Crippen molar-refractivity contribution in [1.82, 2.24) is 9.38 Å². The smallest absolute Gasteiger partial charge is 0.137 e. The number of aryl methyl sites for hydroxylation is 1. The standard InChI is InChI=1S/C9H9BrN2.BrH/c1-7-8(6-10)12-5-3-2-4-9(12)11-7;/h2-5H,6H2,1H3;1H. The Morgan fingerprint density at radius 1 is 1.46 bits per heavy atom. The number of fused-ring (bicyclic) bond motifs is 1. The number of alkyl halides is 1. The molecule has 2 heterocycles. The third-order valence-electron chi connectivity index (χ3n) is 1.96. The van der Waals surface area contributed by atoms with Crippen LogP contribution in [0.1, 0.15) is 11.4 Å². The first-order valence-electron chi connectivity index (χ1n) is 3.81. The molecule has 0 radical (unpaired) electrons. The number of imidazole rings is 1. The Bertz CT molecular complexity index is 409. The number of rotatable bonds is 1. The molecule has 2 rings (SSSR count). The molecule has 13 heavy (non-hydrogen) atoms. The summed E-state index contributed by atoms with van der Waals surface area (Å²) < 4.78 is 2.10. The molecular weight excluding hydrogens is 296 g/mol. The number of halogens is 2. The van der Waals surface area contributed by atoms with Gasteiger partial charge in [-0.1, -0.05) is 22.0 Å². The van der Waals surface area contributed by atoms with Gasteiger partial charge in [-0.25, -0.2) is 4.98 Å². The minimum atomic E-state index is 0.